The summed E-state index contributed by atoms with van der Waals surface area (Å²) in [6.07, 6.45) is 45.1. The third-order valence-electron chi connectivity index (χ3n) is 8.28. The minimum atomic E-state index is -0.892. The van der Waals surface area contributed by atoms with E-state index in [1.165, 1.54) is 25.7 Å². The zero-order chi connectivity index (χ0) is 39.3. The van der Waals surface area contributed by atoms with Crippen LogP contribution in [0.1, 0.15) is 129 Å². The Morgan fingerprint density at radius 1 is 0.585 bits per heavy atom. The summed E-state index contributed by atoms with van der Waals surface area (Å²) in [4.78, 5) is 36.7. The minimum Gasteiger partial charge on any atom is -0.477 e. The van der Waals surface area contributed by atoms with Crippen LogP contribution in [0.2, 0.25) is 0 Å². The molecule has 2 atom stereocenters. The summed E-state index contributed by atoms with van der Waals surface area (Å²) in [6.45, 7) is 4.46. The fourth-order valence-electron chi connectivity index (χ4n) is 5.16. The summed E-state index contributed by atoms with van der Waals surface area (Å²) in [5, 5.41) is 9.58. The Balaban J connectivity index is 4.47. The number of hydrogen-bond donors (Lipinski definition) is 1. The smallest absolute Gasteiger partial charge is 0.362 e. The maximum Gasteiger partial charge on any atom is 0.362 e. The number of nitrogens with zero attached hydrogens (tertiary/aromatic N) is 1. The number of unbranched alkanes of at least 4 members (excludes halogenated alkanes) is 6. The number of rotatable bonds is 34. The topological polar surface area (TPSA) is 99.1 Å². The number of hydrogen-bond acceptors (Lipinski definition) is 6. The molecule has 300 valence electrons. The van der Waals surface area contributed by atoms with Crippen molar-refractivity contribution in [2.24, 2.45) is 0 Å². The summed E-state index contributed by atoms with van der Waals surface area (Å²) in [7, 11) is 5.48. The summed E-state index contributed by atoms with van der Waals surface area (Å²) in [6, 6.07) is -0.630. The number of esters is 2. The molecule has 2 unspecified atom stereocenters. The normalized spacial score (nSPS) is 13.9. The van der Waals surface area contributed by atoms with Crippen molar-refractivity contribution < 1.29 is 38.2 Å². The highest BCUT2D eigenvalue weighted by Crippen LogP contribution is 2.11. The Morgan fingerprint density at radius 3 is 1.55 bits per heavy atom. The van der Waals surface area contributed by atoms with Gasteiger partial charge in [-0.3, -0.25) is 9.59 Å². The van der Waals surface area contributed by atoms with Crippen molar-refractivity contribution in [2.45, 2.75) is 142 Å². The van der Waals surface area contributed by atoms with Gasteiger partial charge in [-0.1, -0.05) is 118 Å². The van der Waals surface area contributed by atoms with Crippen molar-refractivity contribution in [2.75, 3.05) is 41.0 Å². The number of carbonyl (C=O) groups is 3. The maximum absolute atomic E-state index is 12.6. The molecule has 0 rings (SSSR count). The monoisotopic (exact) mass is 741 g/mol. The van der Waals surface area contributed by atoms with E-state index in [0.717, 1.165) is 57.8 Å². The van der Waals surface area contributed by atoms with Crippen molar-refractivity contribution in [1.29, 1.82) is 0 Å². The summed E-state index contributed by atoms with van der Waals surface area (Å²) in [5.41, 5.74) is 0. The average Bonchev–Trinajstić information content (AvgIpc) is 3.11. The Kier molecular flexibility index (Phi) is 33.2. The van der Waals surface area contributed by atoms with Gasteiger partial charge in [0.25, 0.3) is 0 Å². The second-order valence-corrected chi connectivity index (χ2v) is 14.1. The van der Waals surface area contributed by atoms with Gasteiger partial charge in [0.1, 0.15) is 6.61 Å². The Hall–Kier alpha value is -3.49. The van der Waals surface area contributed by atoms with Crippen LogP contribution < -0.4 is 0 Å². The fraction of sp³-hybridized carbons (Fsp3) is 0.622. The van der Waals surface area contributed by atoms with Crippen molar-refractivity contribution in [1.82, 2.24) is 0 Å². The number of carboxylic acids is 1. The SMILES string of the molecule is CC/C=C/C/C=C/C/C=C/C/C=C/C/C=C/C/C=C/CCCC(=O)OCC(COCCC(C(=O)O)[N+](C)(C)C)OC(=O)CCC/C=C/CCCCCC. The first-order valence-corrected chi connectivity index (χ1v) is 20.1. The predicted octanol–water partition coefficient (Wildman–Crippen LogP) is 10.6. The largest absolute Gasteiger partial charge is 0.477 e. The van der Waals surface area contributed by atoms with E-state index in [1.54, 1.807) is 0 Å². The Labute approximate surface area is 323 Å². The molecule has 0 bridgehead atoms. The molecule has 0 aliphatic carbocycles. The molecule has 53 heavy (non-hydrogen) atoms. The molecule has 0 amide bonds. The number of quaternary nitrogens is 1. The standard InChI is InChI=1S/C45H73NO7/c1-6-8-10-12-14-16-17-18-19-20-21-22-23-24-25-26-28-29-31-33-35-43(47)52-40-41(39-51-38-37-42(45(49)50)46(3,4)5)53-44(48)36-34-32-30-27-15-13-11-9-7-2/h8,10,14,16,18-19,21-22,24-25,27-30,41-42H,6-7,9,11-13,15,17,20,23,26,31-40H2,1-5H3/p+1/b10-8+,16-14+,19-18+,22-21+,25-24+,29-28+,30-27+. The molecular formula is C45H74NO7+. The van der Waals surface area contributed by atoms with Gasteiger partial charge in [0.2, 0.25) is 0 Å². The van der Waals surface area contributed by atoms with Gasteiger partial charge in [-0.05, 0) is 77.0 Å². The van der Waals surface area contributed by atoms with Crippen LogP contribution in [0, 0.1) is 0 Å². The number of allylic oxidation sites excluding steroid dienone is 14. The lowest BCUT2D eigenvalue weighted by Gasteiger charge is -2.31. The van der Waals surface area contributed by atoms with Crippen LogP contribution in [0.4, 0.5) is 0 Å². The van der Waals surface area contributed by atoms with Gasteiger partial charge < -0.3 is 23.8 Å². The molecule has 0 aromatic heterocycles. The maximum atomic E-state index is 12.6. The number of aliphatic carboxylic acids is 1. The molecule has 0 aliphatic rings. The van der Waals surface area contributed by atoms with E-state index in [9.17, 15) is 19.5 Å². The molecule has 0 radical (unpaired) electrons. The van der Waals surface area contributed by atoms with Gasteiger partial charge in [0, 0.05) is 19.3 Å². The predicted molar refractivity (Wildman–Crippen MR) is 220 cm³/mol. The van der Waals surface area contributed by atoms with Gasteiger partial charge in [-0.25, -0.2) is 4.79 Å². The minimum absolute atomic E-state index is 0.0265. The molecule has 0 heterocycles. The van der Waals surface area contributed by atoms with E-state index in [2.05, 4.69) is 98.9 Å². The Bertz CT molecular complexity index is 1140. The van der Waals surface area contributed by atoms with Gasteiger partial charge in [-0.2, -0.15) is 0 Å². The van der Waals surface area contributed by atoms with Gasteiger partial charge in [0.05, 0.1) is 34.4 Å². The third kappa shape index (κ3) is 34.1. The lowest BCUT2D eigenvalue weighted by molar-refractivity contribution is -0.887. The fourth-order valence-corrected chi connectivity index (χ4v) is 5.16. The van der Waals surface area contributed by atoms with E-state index in [1.807, 2.05) is 21.1 Å². The number of carbonyl (C=O) groups excluding carboxylic acids is 2. The van der Waals surface area contributed by atoms with Crippen molar-refractivity contribution in [3.8, 4) is 0 Å². The van der Waals surface area contributed by atoms with Crippen molar-refractivity contribution in [3.63, 3.8) is 0 Å². The second-order valence-electron chi connectivity index (χ2n) is 14.1. The summed E-state index contributed by atoms with van der Waals surface area (Å²) in [5.74, 6) is -1.60. The lowest BCUT2D eigenvalue weighted by atomic mass is 10.1. The lowest BCUT2D eigenvalue weighted by Crippen LogP contribution is -2.50. The molecule has 0 spiro atoms. The van der Waals surface area contributed by atoms with E-state index in [0.29, 0.717) is 19.3 Å². The number of ether oxygens (including phenoxy) is 3. The molecule has 0 aliphatic heterocycles. The second kappa shape index (κ2) is 35.5. The molecule has 1 N–H and O–H groups in total. The van der Waals surface area contributed by atoms with Crippen molar-refractivity contribution >= 4 is 17.9 Å². The van der Waals surface area contributed by atoms with Crippen LogP contribution in [0.25, 0.3) is 0 Å². The van der Waals surface area contributed by atoms with Crippen LogP contribution in [0.3, 0.4) is 0 Å². The molecular weight excluding hydrogens is 666 g/mol. The van der Waals surface area contributed by atoms with Crippen molar-refractivity contribution in [3.05, 3.63) is 85.1 Å². The highest BCUT2D eigenvalue weighted by atomic mass is 16.6. The van der Waals surface area contributed by atoms with E-state index in [4.69, 9.17) is 14.2 Å². The molecule has 8 heteroatoms. The summed E-state index contributed by atoms with van der Waals surface area (Å²) >= 11 is 0. The van der Waals surface area contributed by atoms with E-state index < -0.39 is 18.1 Å². The molecule has 0 saturated carbocycles. The first-order chi connectivity index (χ1) is 25.6. The van der Waals surface area contributed by atoms with Crippen LogP contribution in [0.15, 0.2) is 85.1 Å². The molecule has 0 saturated heterocycles. The highest BCUT2D eigenvalue weighted by Gasteiger charge is 2.31. The molecule has 8 nitrogen and oxygen atoms in total. The zero-order valence-corrected chi connectivity index (χ0v) is 33.9. The van der Waals surface area contributed by atoms with Crippen LogP contribution in [-0.4, -0.2) is 80.6 Å². The van der Waals surface area contributed by atoms with Crippen LogP contribution in [-0.2, 0) is 28.6 Å². The van der Waals surface area contributed by atoms with Crippen LogP contribution in [0.5, 0.6) is 0 Å². The van der Waals surface area contributed by atoms with Crippen LogP contribution >= 0.6 is 0 Å². The quantitative estimate of drug-likeness (QED) is 0.0303. The van der Waals surface area contributed by atoms with Gasteiger partial charge >= 0.3 is 17.9 Å². The van der Waals surface area contributed by atoms with E-state index >= 15 is 0 Å². The zero-order valence-electron chi connectivity index (χ0n) is 33.9. The van der Waals surface area contributed by atoms with E-state index in [-0.39, 0.29) is 49.1 Å². The van der Waals surface area contributed by atoms with Gasteiger partial charge in [-0.15, -0.1) is 0 Å². The van der Waals surface area contributed by atoms with Gasteiger partial charge in [0.15, 0.2) is 12.1 Å². The average molecular weight is 741 g/mol. The Morgan fingerprint density at radius 2 is 1.06 bits per heavy atom. The highest BCUT2D eigenvalue weighted by molar-refractivity contribution is 5.72. The first kappa shape index (κ1) is 49.5. The first-order valence-electron chi connectivity index (χ1n) is 20.1. The number of likely N-dealkylation sites (N-methyl/N-ethyl adjacent to an activating group) is 1. The summed E-state index contributed by atoms with van der Waals surface area (Å²) < 4.78 is 17.1. The number of carboxylic acid groups (broad SMARTS) is 1. The molecule has 0 aromatic carbocycles. The molecule has 0 fully saturated rings. The molecule has 0 aromatic rings. The third-order valence-corrected chi connectivity index (χ3v) is 8.28.